The number of hydrogen-bond donors (Lipinski definition) is 2. The topological polar surface area (TPSA) is 63.8 Å². The Labute approximate surface area is 114 Å². The van der Waals surface area contributed by atoms with Crippen molar-refractivity contribution in [1.82, 2.24) is 8.75 Å². The van der Waals surface area contributed by atoms with Gasteiger partial charge in [0.15, 0.2) is 11.5 Å². The molecule has 17 heavy (non-hydrogen) atoms. The van der Waals surface area contributed by atoms with Gasteiger partial charge in [0.2, 0.25) is 0 Å². The van der Waals surface area contributed by atoms with Crippen LogP contribution in [-0.4, -0.2) is 13.7 Å². The lowest BCUT2D eigenvalue weighted by Gasteiger charge is -2.06. The van der Waals surface area contributed by atoms with Gasteiger partial charge in [-0.3, -0.25) is 0 Å². The van der Waals surface area contributed by atoms with Crippen molar-refractivity contribution in [3.05, 3.63) is 34.2 Å². The Balaban J connectivity index is 2.19. The maximum atomic E-state index is 13.0. The molecular formula is C9H6BrFN4S2. The number of benzene rings is 1. The lowest BCUT2D eigenvalue weighted by molar-refractivity contribution is 0.621. The van der Waals surface area contributed by atoms with E-state index in [0.29, 0.717) is 20.8 Å². The van der Waals surface area contributed by atoms with Crippen molar-refractivity contribution >= 4 is 56.4 Å². The summed E-state index contributed by atoms with van der Waals surface area (Å²) in [6.45, 7) is 0. The minimum atomic E-state index is -0.337. The molecular weight excluding hydrogens is 327 g/mol. The smallest absolute Gasteiger partial charge is 0.167 e. The number of hydrogen-bond acceptors (Lipinski definition) is 5. The fraction of sp³-hybridized carbons (Fsp3) is 0. The van der Waals surface area contributed by atoms with E-state index in [0.717, 1.165) is 11.7 Å². The second-order valence-corrected chi connectivity index (χ2v) is 4.87. The SMILES string of the molecule is Nc1nsnc1C(=S)Nc1ccc(F)c(Br)c1. The van der Waals surface area contributed by atoms with Crippen molar-refractivity contribution in [3.8, 4) is 0 Å². The molecule has 0 radical (unpaired) electrons. The molecule has 1 aromatic carbocycles. The van der Waals surface area contributed by atoms with E-state index >= 15 is 0 Å². The second kappa shape index (κ2) is 5.03. The third kappa shape index (κ3) is 2.76. The Hall–Kier alpha value is -1.12. The second-order valence-electron chi connectivity index (χ2n) is 3.08. The molecule has 0 aliphatic heterocycles. The van der Waals surface area contributed by atoms with Crippen molar-refractivity contribution in [2.45, 2.75) is 0 Å². The van der Waals surface area contributed by atoms with Gasteiger partial charge in [0.05, 0.1) is 16.2 Å². The number of halogens is 2. The number of aromatic nitrogens is 2. The van der Waals surface area contributed by atoms with Crippen LogP contribution in [0.15, 0.2) is 22.7 Å². The molecule has 0 amide bonds. The number of thiocarbonyl (C=S) groups is 1. The van der Waals surface area contributed by atoms with E-state index in [-0.39, 0.29) is 11.6 Å². The van der Waals surface area contributed by atoms with Crippen LogP contribution in [0.2, 0.25) is 0 Å². The van der Waals surface area contributed by atoms with Crippen LogP contribution in [0.5, 0.6) is 0 Å². The van der Waals surface area contributed by atoms with Crippen LogP contribution in [0.3, 0.4) is 0 Å². The van der Waals surface area contributed by atoms with Crippen LogP contribution in [-0.2, 0) is 0 Å². The van der Waals surface area contributed by atoms with Gasteiger partial charge in [0, 0.05) is 5.69 Å². The summed E-state index contributed by atoms with van der Waals surface area (Å²) in [6.07, 6.45) is 0. The first-order valence-corrected chi connectivity index (χ1v) is 6.35. The van der Waals surface area contributed by atoms with E-state index in [2.05, 4.69) is 30.0 Å². The van der Waals surface area contributed by atoms with Crippen molar-refractivity contribution in [3.63, 3.8) is 0 Å². The Bertz CT molecular complexity index is 572. The Morgan fingerprint density at radius 2 is 2.24 bits per heavy atom. The highest BCUT2D eigenvalue weighted by atomic mass is 79.9. The van der Waals surface area contributed by atoms with E-state index in [1.165, 1.54) is 6.07 Å². The maximum absolute atomic E-state index is 13.0. The molecule has 0 aliphatic rings. The molecule has 0 fully saturated rings. The highest BCUT2D eigenvalue weighted by Crippen LogP contribution is 2.21. The third-order valence-electron chi connectivity index (χ3n) is 1.91. The van der Waals surface area contributed by atoms with E-state index < -0.39 is 0 Å². The standard InChI is InChI=1S/C9H6BrFN4S2/c10-5-3-4(1-2-6(5)11)13-9(16)7-8(12)15-17-14-7/h1-3H,(H2,12,15)(H,13,16). The lowest BCUT2D eigenvalue weighted by Crippen LogP contribution is -2.12. The zero-order valence-corrected chi connectivity index (χ0v) is 11.5. The minimum Gasteiger partial charge on any atom is -0.381 e. The van der Waals surface area contributed by atoms with Gasteiger partial charge < -0.3 is 11.1 Å². The number of nitrogens with one attached hydrogen (secondary N) is 1. The summed E-state index contributed by atoms with van der Waals surface area (Å²) < 4.78 is 21.2. The van der Waals surface area contributed by atoms with Crippen LogP contribution in [0.4, 0.5) is 15.9 Å². The first-order chi connectivity index (χ1) is 8.08. The predicted octanol–water partition coefficient (Wildman–Crippen LogP) is 2.81. The highest BCUT2D eigenvalue weighted by Gasteiger charge is 2.11. The van der Waals surface area contributed by atoms with Gasteiger partial charge in [0.25, 0.3) is 0 Å². The zero-order chi connectivity index (χ0) is 12.4. The van der Waals surface area contributed by atoms with E-state index in [1.54, 1.807) is 12.1 Å². The zero-order valence-electron chi connectivity index (χ0n) is 8.28. The molecule has 0 saturated carbocycles. The van der Waals surface area contributed by atoms with Gasteiger partial charge in [-0.25, -0.2) is 4.39 Å². The van der Waals surface area contributed by atoms with E-state index in [9.17, 15) is 4.39 Å². The number of nitrogen functional groups attached to an aromatic ring is 1. The van der Waals surface area contributed by atoms with Gasteiger partial charge in [0.1, 0.15) is 10.8 Å². The van der Waals surface area contributed by atoms with E-state index in [4.69, 9.17) is 18.0 Å². The van der Waals surface area contributed by atoms with Gasteiger partial charge in [-0.05, 0) is 34.1 Å². The highest BCUT2D eigenvalue weighted by molar-refractivity contribution is 9.10. The normalized spacial score (nSPS) is 10.2. The lowest BCUT2D eigenvalue weighted by atomic mass is 10.3. The first-order valence-electron chi connectivity index (χ1n) is 4.42. The first kappa shape index (κ1) is 12.3. The van der Waals surface area contributed by atoms with Crippen molar-refractivity contribution in [2.24, 2.45) is 0 Å². The van der Waals surface area contributed by atoms with Crippen LogP contribution >= 0.6 is 39.9 Å². The largest absolute Gasteiger partial charge is 0.381 e. The van der Waals surface area contributed by atoms with Crippen LogP contribution < -0.4 is 11.1 Å². The summed E-state index contributed by atoms with van der Waals surface area (Å²) in [4.78, 5) is 0.356. The molecule has 0 aliphatic carbocycles. The van der Waals surface area contributed by atoms with E-state index in [1.807, 2.05) is 0 Å². The molecule has 0 spiro atoms. The average molecular weight is 333 g/mol. The molecule has 0 saturated heterocycles. The Morgan fingerprint density at radius 3 is 2.82 bits per heavy atom. The molecule has 88 valence electrons. The van der Waals surface area contributed by atoms with Crippen molar-refractivity contribution in [1.29, 1.82) is 0 Å². The van der Waals surface area contributed by atoms with Crippen molar-refractivity contribution in [2.75, 3.05) is 11.1 Å². The number of nitrogens with two attached hydrogens (primary N) is 1. The van der Waals surface area contributed by atoms with Crippen LogP contribution in [0, 0.1) is 5.82 Å². The summed E-state index contributed by atoms with van der Waals surface area (Å²) in [7, 11) is 0. The van der Waals surface area contributed by atoms with Crippen molar-refractivity contribution < 1.29 is 4.39 Å². The molecule has 1 heterocycles. The summed E-state index contributed by atoms with van der Waals surface area (Å²) in [5.41, 5.74) is 6.67. The predicted molar refractivity (Wildman–Crippen MR) is 73.7 cm³/mol. The van der Waals surface area contributed by atoms with Crippen LogP contribution in [0.25, 0.3) is 0 Å². The number of anilines is 2. The average Bonchev–Trinajstić information content (AvgIpc) is 2.70. The summed E-state index contributed by atoms with van der Waals surface area (Å²) in [6, 6.07) is 4.48. The third-order valence-corrected chi connectivity index (χ3v) is 3.35. The molecule has 0 unspecified atom stereocenters. The van der Waals surface area contributed by atoms with Gasteiger partial charge in [-0.15, -0.1) is 0 Å². The fourth-order valence-electron chi connectivity index (χ4n) is 1.12. The van der Waals surface area contributed by atoms with Gasteiger partial charge >= 0.3 is 0 Å². The molecule has 2 aromatic rings. The van der Waals surface area contributed by atoms with Gasteiger partial charge in [-0.2, -0.15) is 8.75 Å². The van der Waals surface area contributed by atoms with Gasteiger partial charge in [-0.1, -0.05) is 12.2 Å². The minimum absolute atomic E-state index is 0.286. The fourth-order valence-corrected chi connectivity index (χ4v) is 2.30. The Morgan fingerprint density at radius 1 is 1.47 bits per heavy atom. The Kier molecular flexibility index (Phi) is 3.65. The molecule has 4 nitrogen and oxygen atoms in total. The number of nitrogens with zero attached hydrogens (tertiary/aromatic N) is 2. The maximum Gasteiger partial charge on any atom is 0.167 e. The summed E-state index contributed by atoms with van der Waals surface area (Å²) in [5.74, 6) is -0.0509. The molecule has 8 heteroatoms. The summed E-state index contributed by atoms with van der Waals surface area (Å²) >= 11 is 9.20. The molecule has 0 atom stereocenters. The molecule has 3 N–H and O–H groups in total. The molecule has 2 rings (SSSR count). The quantitative estimate of drug-likeness (QED) is 0.828. The van der Waals surface area contributed by atoms with Crippen LogP contribution in [0.1, 0.15) is 5.69 Å². The molecule has 0 bridgehead atoms. The number of rotatable bonds is 2. The monoisotopic (exact) mass is 332 g/mol. The molecule has 1 aromatic heterocycles. The summed E-state index contributed by atoms with van der Waals surface area (Å²) in [5, 5.41) is 2.91.